The second-order valence-corrected chi connectivity index (χ2v) is 5.40. The van der Waals surface area contributed by atoms with E-state index in [0.717, 1.165) is 22.2 Å². The van der Waals surface area contributed by atoms with Crippen molar-refractivity contribution < 1.29 is 8.78 Å². The van der Waals surface area contributed by atoms with E-state index in [2.05, 4.69) is 0 Å². The van der Waals surface area contributed by atoms with Gasteiger partial charge < -0.3 is 10.3 Å². The third-order valence-corrected chi connectivity index (χ3v) is 4.05. The smallest absolute Gasteiger partial charge is 0.252 e. The lowest BCUT2D eigenvalue weighted by Crippen LogP contribution is -2.55. The highest BCUT2D eigenvalue weighted by molar-refractivity contribution is 5.86. The third kappa shape index (κ3) is 1.42. The van der Waals surface area contributed by atoms with Crippen LogP contribution in [-0.4, -0.2) is 10.5 Å². The average Bonchev–Trinajstić information content (AvgIpc) is 2.50. The van der Waals surface area contributed by atoms with Crippen LogP contribution in [0.2, 0.25) is 0 Å². The van der Waals surface area contributed by atoms with Crippen molar-refractivity contribution in [1.29, 1.82) is 0 Å². The summed E-state index contributed by atoms with van der Waals surface area (Å²) in [5.41, 5.74) is 8.21. The minimum absolute atomic E-state index is 0.255. The number of aryl methyl sites for hydroxylation is 1. The number of nitrogens with two attached hydrogens (primary N) is 1. The molecule has 0 atom stereocenters. The van der Waals surface area contributed by atoms with Gasteiger partial charge in [-0.2, -0.15) is 0 Å². The normalized spacial score (nSPS) is 20.9. The van der Waals surface area contributed by atoms with Gasteiger partial charge in [0.05, 0.1) is 5.54 Å². The number of hydrogen-bond acceptors (Lipinski definition) is 1. The SMILES string of the molecule is Cc1c(C2(N)CC(F)(F)C2)c2ccccc2n1C. The highest BCUT2D eigenvalue weighted by Crippen LogP contribution is 2.52. The maximum absolute atomic E-state index is 13.2. The number of aromatic nitrogens is 1. The van der Waals surface area contributed by atoms with Crippen LogP contribution in [0.25, 0.3) is 10.9 Å². The Morgan fingerprint density at radius 3 is 2.44 bits per heavy atom. The summed E-state index contributed by atoms with van der Waals surface area (Å²) in [6, 6.07) is 7.82. The standard InChI is InChI=1S/C14H16F2N2/c1-9-12(13(17)7-14(15,16)8-13)10-5-3-4-6-11(10)18(9)2/h3-6H,7-8,17H2,1-2H3. The summed E-state index contributed by atoms with van der Waals surface area (Å²) in [5.74, 6) is -2.61. The molecule has 0 amide bonds. The van der Waals surface area contributed by atoms with Crippen molar-refractivity contribution in [2.24, 2.45) is 12.8 Å². The van der Waals surface area contributed by atoms with E-state index >= 15 is 0 Å². The van der Waals surface area contributed by atoms with Crippen LogP contribution in [0.1, 0.15) is 24.1 Å². The van der Waals surface area contributed by atoms with Crippen molar-refractivity contribution in [3.8, 4) is 0 Å². The predicted octanol–water partition coefficient (Wildman–Crippen LogP) is 3.07. The highest BCUT2D eigenvalue weighted by atomic mass is 19.3. The van der Waals surface area contributed by atoms with Crippen LogP contribution in [0.5, 0.6) is 0 Å². The average molecular weight is 250 g/mol. The monoisotopic (exact) mass is 250 g/mol. The van der Waals surface area contributed by atoms with E-state index in [-0.39, 0.29) is 12.8 Å². The highest BCUT2D eigenvalue weighted by Gasteiger charge is 2.56. The molecule has 1 aromatic carbocycles. The Balaban J connectivity index is 2.22. The van der Waals surface area contributed by atoms with Crippen molar-refractivity contribution in [3.63, 3.8) is 0 Å². The molecule has 1 saturated carbocycles. The zero-order chi connectivity index (χ0) is 13.1. The van der Waals surface area contributed by atoms with Gasteiger partial charge in [0.15, 0.2) is 0 Å². The Labute approximate surface area is 104 Å². The topological polar surface area (TPSA) is 30.9 Å². The molecule has 2 aromatic rings. The molecule has 2 N–H and O–H groups in total. The molecule has 1 heterocycles. The molecule has 0 spiro atoms. The van der Waals surface area contributed by atoms with E-state index in [1.54, 1.807) is 0 Å². The van der Waals surface area contributed by atoms with E-state index in [9.17, 15) is 8.78 Å². The van der Waals surface area contributed by atoms with Crippen molar-refractivity contribution in [1.82, 2.24) is 4.57 Å². The van der Waals surface area contributed by atoms with Gasteiger partial charge in [0.2, 0.25) is 0 Å². The minimum atomic E-state index is -2.61. The van der Waals surface area contributed by atoms with E-state index in [4.69, 9.17) is 5.73 Å². The van der Waals surface area contributed by atoms with Crippen LogP contribution >= 0.6 is 0 Å². The van der Waals surface area contributed by atoms with E-state index in [0.29, 0.717) is 0 Å². The van der Waals surface area contributed by atoms with Gasteiger partial charge in [-0.15, -0.1) is 0 Å². The number of rotatable bonds is 1. The minimum Gasteiger partial charge on any atom is -0.348 e. The quantitative estimate of drug-likeness (QED) is 0.828. The first kappa shape index (κ1) is 11.7. The Kier molecular flexibility index (Phi) is 2.15. The molecule has 1 fully saturated rings. The summed E-state index contributed by atoms with van der Waals surface area (Å²) in [6.45, 7) is 1.94. The number of fused-ring (bicyclic) bond motifs is 1. The summed E-state index contributed by atoms with van der Waals surface area (Å²) in [6.07, 6.45) is -0.510. The number of halogens is 2. The van der Waals surface area contributed by atoms with Gasteiger partial charge >= 0.3 is 0 Å². The van der Waals surface area contributed by atoms with Gasteiger partial charge in [-0.05, 0) is 13.0 Å². The largest absolute Gasteiger partial charge is 0.348 e. The van der Waals surface area contributed by atoms with Crippen LogP contribution in [-0.2, 0) is 12.6 Å². The predicted molar refractivity (Wildman–Crippen MR) is 67.7 cm³/mol. The molecule has 2 nitrogen and oxygen atoms in total. The molecular formula is C14H16F2N2. The zero-order valence-corrected chi connectivity index (χ0v) is 10.5. The second-order valence-electron chi connectivity index (χ2n) is 5.40. The molecule has 4 heteroatoms. The summed E-state index contributed by atoms with van der Waals surface area (Å²) in [5, 5.41) is 0.996. The first-order chi connectivity index (χ1) is 8.34. The molecule has 0 aliphatic heterocycles. The number of hydrogen-bond donors (Lipinski definition) is 1. The lowest BCUT2D eigenvalue weighted by molar-refractivity contribution is -0.124. The molecule has 0 radical (unpaired) electrons. The van der Waals surface area contributed by atoms with E-state index in [1.165, 1.54) is 0 Å². The Bertz CT molecular complexity index is 620. The first-order valence-electron chi connectivity index (χ1n) is 6.05. The van der Waals surface area contributed by atoms with Gasteiger partial charge in [0, 0.05) is 42.0 Å². The molecule has 1 aliphatic carbocycles. The van der Waals surface area contributed by atoms with Gasteiger partial charge in [-0.25, -0.2) is 8.78 Å². The molecule has 3 rings (SSSR count). The van der Waals surface area contributed by atoms with Crippen LogP contribution in [0.3, 0.4) is 0 Å². The molecule has 96 valence electrons. The number of para-hydroxylation sites is 1. The van der Waals surface area contributed by atoms with Gasteiger partial charge in [0.1, 0.15) is 0 Å². The third-order valence-electron chi connectivity index (χ3n) is 4.05. The molecule has 1 aromatic heterocycles. The van der Waals surface area contributed by atoms with Gasteiger partial charge in [-0.1, -0.05) is 18.2 Å². The van der Waals surface area contributed by atoms with Crippen LogP contribution in [0.4, 0.5) is 8.78 Å². The summed E-state index contributed by atoms with van der Waals surface area (Å²) >= 11 is 0. The molecule has 0 saturated heterocycles. The number of alkyl halides is 2. The maximum atomic E-state index is 13.2. The fourth-order valence-electron chi connectivity index (χ4n) is 3.20. The van der Waals surface area contributed by atoms with Crippen molar-refractivity contribution in [2.45, 2.75) is 31.2 Å². The molecule has 0 bridgehead atoms. The lowest BCUT2D eigenvalue weighted by Gasteiger charge is -2.45. The van der Waals surface area contributed by atoms with E-state index in [1.807, 2.05) is 42.8 Å². The second kappa shape index (κ2) is 3.32. The van der Waals surface area contributed by atoms with Gasteiger partial charge in [-0.3, -0.25) is 0 Å². The Hall–Kier alpha value is -1.42. The van der Waals surface area contributed by atoms with Crippen molar-refractivity contribution in [2.75, 3.05) is 0 Å². The molecule has 0 unspecified atom stereocenters. The van der Waals surface area contributed by atoms with Crippen molar-refractivity contribution >= 4 is 10.9 Å². The summed E-state index contributed by atoms with van der Waals surface area (Å²) < 4.78 is 28.4. The Morgan fingerprint density at radius 2 is 1.83 bits per heavy atom. The van der Waals surface area contributed by atoms with E-state index < -0.39 is 11.5 Å². The van der Waals surface area contributed by atoms with Gasteiger partial charge in [0.25, 0.3) is 5.92 Å². The fourth-order valence-corrected chi connectivity index (χ4v) is 3.20. The molecule has 18 heavy (non-hydrogen) atoms. The van der Waals surface area contributed by atoms with Crippen molar-refractivity contribution in [3.05, 3.63) is 35.5 Å². The summed E-state index contributed by atoms with van der Waals surface area (Å²) in [4.78, 5) is 0. The number of benzene rings is 1. The number of nitrogens with zero attached hydrogens (tertiary/aromatic N) is 1. The zero-order valence-electron chi connectivity index (χ0n) is 10.5. The fraction of sp³-hybridized carbons (Fsp3) is 0.429. The summed E-state index contributed by atoms with van der Waals surface area (Å²) in [7, 11) is 1.95. The lowest BCUT2D eigenvalue weighted by atomic mass is 9.69. The maximum Gasteiger partial charge on any atom is 0.252 e. The van der Waals surface area contributed by atoms with Crippen LogP contribution < -0.4 is 5.73 Å². The first-order valence-corrected chi connectivity index (χ1v) is 6.05. The molecular weight excluding hydrogens is 234 g/mol. The van der Waals surface area contributed by atoms with Crippen LogP contribution in [0, 0.1) is 6.92 Å². The Morgan fingerprint density at radius 1 is 1.22 bits per heavy atom. The van der Waals surface area contributed by atoms with Crippen LogP contribution in [0.15, 0.2) is 24.3 Å². The molecule has 1 aliphatic rings.